The summed E-state index contributed by atoms with van der Waals surface area (Å²) in [5.74, 6) is 0. The summed E-state index contributed by atoms with van der Waals surface area (Å²) in [6.07, 6.45) is 2.05. The minimum absolute atomic E-state index is 0.805. The normalized spacial score (nSPS) is 11.7. The number of furan rings is 1. The van der Waals surface area contributed by atoms with Gasteiger partial charge in [-0.3, -0.25) is 4.98 Å². The lowest BCUT2D eigenvalue weighted by atomic mass is 9.98. The Morgan fingerprint density at radius 3 is 1.48 bits per heavy atom. The third-order valence-corrected chi connectivity index (χ3v) is 10.8. The Kier molecular flexibility index (Phi) is 6.86. The fourth-order valence-corrected chi connectivity index (χ4v) is 8.21. The maximum Gasteiger partial charge on any atom is 0.161 e. The van der Waals surface area contributed by atoms with Crippen molar-refractivity contribution in [2.75, 3.05) is 0 Å². The van der Waals surface area contributed by atoms with E-state index in [2.05, 4.69) is 193 Å². The standard InChI is InChI=1S/C51H32N2O/c1-5-13-33(14-6-1)37-21-25-47-44(30-37)46-32-52-49-43(24-23-42-45-31-38(34-15-7-2-8-16-34)22-26-48(45)54-51(42)49)50(46)53(47)41-28-39(35-17-9-3-10-18-35)27-40(29-41)36-19-11-4-12-20-36/h1-32H. The van der Waals surface area contributed by atoms with Crippen LogP contribution in [0.5, 0.6) is 0 Å². The summed E-state index contributed by atoms with van der Waals surface area (Å²) in [6, 6.07) is 67.1. The smallest absolute Gasteiger partial charge is 0.161 e. The summed E-state index contributed by atoms with van der Waals surface area (Å²) in [5, 5.41) is 5.46. The number of hydrogen-bond acceptors (Lipinski definition) is 2. The molecule has 3 heterocycles. The molecule has 0 aliphatic heterocycles. The first kappa shape index (κ1) is 30.4. The van der Waals surface area contributed by atoms with Crippen LogP contribution in [0.25, 0.3) is 105 Å². The summed E-state index contributed by atoms with van der Waals surface area (Å²) in [7, 11) is 0. The number of nitrogens with zero attached hydrogens (tertiary/aromatic N) is 2. The van der Waals surface area contributed by atoms with E-state index in [4.69, 9.17) is 9.40 Å². The highest BCUT2D eigenvalue weighted by atomic mass is 16.3. The van der Waals surface area contributed by atoms with E-state index in [1.807, 2.05) is 6.20 Å². The van der Waals surface area contributed by atoms with E-state index in [1.165, 1.54) is 27.8 Å². The lowest BCUT2D eigenvalue weighted by molar-refractivity contribution is 0.672. The molecule has 252 valence electrons. The van der Waals surface area contributed by atoms with Gasteiger partial charge in [-0.15, -0.1) is 0 Å². The van der Waals surface area contributed by atoms with E-state index in [0.717, 1.165) is 77.0 Å². The minimum atomic E-state index is 0.805. The zero-order chi connectivity index (χ0) is 35.6. The van der Waals surface area contributed by atoms with Gasteiger partial charge < -0.3 is 8.98 Å². The van der Waals surface area contributed by atoms with Gasteiger partial charge >= 0.3 is 0 Å². The lowest BCUT2D eigenvalue weighted by Gasteiger charge is -2.15. The number of benzene rings is 8. The molecule has 0 fully saturated rings. The van der Waals surface area contributed by atoms with Gasteiger partial charge in [0.2, 0.25) is 0 Å². The maximum absolute atomic E-state index is 6.68. The van der Waals surface area contributed by atoms with Crippen molar-refractivity contribution in [1.82, 2.24) is 9.55 Å². The highest BCUT2D eigenvalue weighted by Gasteiger charge is 2.21. The lowest BCUT2D eigenvalue weighted by Crippen LogP contribution is -1.97. The fourth-order valence-electron chi connectivity index (χ4n) is 8.21. The van der Waals surface area contributed by atoms with E-state index in [0.29, 0.717) is 0 Å². The molecule has 0 amide bonds. The van der Waals surface area contributed by atoms with Gasteiger partial charge in [0.1, 0.15) is 11.1 Å². The van der Waals surface area contributed by atoms with Gasteiger partial charge in [-0.25, -0.2) is 0 Å². The molecule has 3 aromatic heterocycles. The molecule has 0 unspecified atom stereocenters. The van der Waals surface area contributed by atoms with Crippen LogP contribution in [0.2, 0.25) is 0 Å². The molecule has 0 N–H and O–H groups in total. The van der Waals surface area contributed by atoms with Gasteiger partial charge in [-0.1, -0.05) is 133 Å². The monoisotopic (exact) mass is 688 g/mol. The van der Waals surface area contributed by atoms with Gasteiger partial charge in [0.05, 0.1) is 11.0 Å². The molecule has 11 rings (SSSR count). The van der Waals surface area contributed by atoms with Crippen LogP contribution >= 0.6 is 0 Å². The van der Waals surface area contributed by atoms with Crippen molar-refractivity contribution >= 4 is 54.6 Å². The van der Waals surface area contributed by atoms with Gasteiger partial charge in [0.25, 0.3) is 0 Å². The first-order valence-electron chi connectivity index (χ1n) is 18.4. The molecule has 0 aliphatic carbocycles. The highest BCUT2D eigenvalue weighted by molar-refractivity contribution is 6.23. The van der Waals surface area contributed by atoms with Crippen LogP contribution in [0.1, 0.15) is 0 Å². The van der Waals surface area contributed by atoms with E-state index >= 15 is 0 Å². The molecule has 0 spiro atoms. The van der Waals surface area contributed by atoms with Crippen LogP contribution < -0.4 is 0 Å². The summed E-state index contributed by atoms with van der Waals surface area (Å²) in [5.41, 5.74) is 15.2. The van der Waals surface area contributed by atoms with Crippen LogP contribution in [0.15, 0.2) is 199 Å². The molecule has 8 aromatic carbocycles. The van der Waals surface area contributed by atoms with Crippen molar-refractivity contribution in [2.24, 2.45) is 0 Å². The van der Waals surface area contributed by atoms with E-state index in [-0.39, 0.29) is 0 Å². The SMILES string of the molecule is c1ccc(-c2cc(-c3ccccc3)cc(-n3c4ccc(-c5ccccc5)cc4c4cnc5c(ccc6c7cc(-c8ccccc8)ccc7oc65)c43)c2)cc1. The third-order valence-electron chi connectivity index (χ3n) is 10.8. The van der Waals surface area contributed by atoms with E-state index in [9.17, 15) is 0 Å². The second-order valence-corrected chi connectivity index (χ2v) is 14.0. The Hall–Kier alpha value is -7.23. The zero-order valence-corrected chi connectivity index (χ0v) is 29.3. The highest BCUT2D eigenvalue weighted by Crippen LogP contribution is 2.43. The Labute approximate surface area is 312 Å². The molecular formula is C51H32N2O. The first-order valence-corrected chi connectivity index (χ1v) is 18.4. The molecule has 54 heavy (non-hydrogen) atoms. The van der Waals surface area contributed by atoms with Gasteiger partial charge in [0, 0.05) is 38.8 Å². The Morgan fingerprint density at radius 1 is 0.370 bits per heavy atom. The Balaban J connectivity index is 1.23. The maximum atomic E-state index is 6.68. The second kappa shape index (κ2) is 12.2. The summed E-state index contributed by atoms with van der Waals surface area (Å²) in [6.45, 7) is 0. The Bertz CT molecular complexity index is 3120. The topological polar surface area (TPSA) is 31.0 Å². The first-order chi connectivity index (χ1) is 26.8. The number of fused-ring (bicyclic) bond motifs is 9. The van der Waals surface area contributed by atoms with Gasteiger partial charge in [0.15, 0.2) is 5.58 Å². The third kappa shape index (κ3) is 4.87. The minimum Gasteiger partial charge on any atom is -0.454 e. The average molecular weight is 689 g/mol. The molecule has 3 heteroatoms. The molecule has 0 bridgehead atoms. The fraction of sp³-hybridized carbons (Fsp3) is 0. The summed E-state index contributed by atoms with van der Waals surface area (Å²) in [4.78, 5) is 5.20. The molecule has 0 saturated heterocycles. The average Bonchev–Trinajstić information content (AvgIpc) is 3.80. The van der Waals surface area contributed by atoms with Crippen molar-refractivity contribution < 1.29 is 4.42 Å². The van der Waals surface area contributed by atoms with Gasteiger partial charge in [-0.2, -0.15) is 0 Å². The molecule has 0 aliphatic rings. The van der Waals surface area contributed by atoms with Crippen molar-refractivity contribution in [3.05, 3.63) is 194 Å². The predicted molar refractivity (Wildman–Crippen MR) is 225 cm³/mol. The van der Waals surface area contributed by atoms with E-state index in [1.54, 1.807) is 0 Å². The van der Waals surface area contributed by atoms with Crippen molar-refractivity contribution in [3.63, 3.8) is 0 Å². The number of hydrogen-bond donors (Lipinski definition) is 0. The largest absolute Gasteiger partial charge is 0.454 e. The second-order valence-electron chi connectivity index (χ2n) is 14.0. The molecule has 0 saturated carbocycles. The van der Waals surface area contributed by atoms with Crippen molar-refractivity contribution in [3.8, 4) is 50.2 Å². The number of aromatic nitrogens is 2. The van der Waals surface area contributed by atoms with Crippen LogP contribution in [0, 0.1) is 0 Å². The summed E-state index contributed by atoms with van der Waals surface area (Å²) < 4.78 is 9.12. The molecule has 0 atom stereocenters. The molecule has 3 nitrogen and oxygen atoms in total. The van der Waals surface area contributed by atoms with E-state index < -0.39 is 0 Å². The summed E-state index contributed by atoms with van der Waals surface area (Å²) >= 11 is 0. The molecular weight excluding hydrogens is 657 g/mol. The number of pyridine rings is 1. The molecule has 11 aromatic rings. The number of rotatable bonds is 5. The van der Waals surface area contributed by atoms with Crippen LogP contribution in [-0.4, -0.2) is 9.55 Å². The van der Waals surface area contributed by atoms with Crippen LogP contribution in [0.4, 0.5) is 0 Å². The molecule has 0 radical (unpaired) electrons. The van der Waals surface area contributed by atoms with Crippen LogP contribution in [-0.2, 0) is 0 Å². The van der Waals surface area contributed by atoms with Crippen molar-refractivity contribution in [1.29, 1.82) is 0 Å². The quantitative estimate of drug-likeness (QED) is 0.180. The Morgan fingerprint density at radius 2 is 0.889 bits per heavy atom. The van der Waals surface area contributed by atoms with Crippen LogP contribution in [0.3, 0.4) is 0 Å². The zero-order valence-electron chi connectivity index (χ0n) is 29.3. The van der Waals surface area contributed by atoms with Gasteiger partial charge in [-0.05, 0) is 99.1 Å². The predicted octanol–water partition coefficient (Wildman–Crippen LogP) is 13.9. The van der Waals surface area contributed by atoms with Crippen molar-refractivity contribution in [2.45, 2.75) is 0 Å².